The summed E-state index contributed by atoms with van der Waals surface area (Å²) in [5, 5.41) is 9.14. The van der Waals surface area contributed by atoms with Crippen molar-refractivity contribution in [1.29, 1.82) is 0 Å². The first-order valence-electron chi connectivity index (χ1n) is 8.60. The van der Waals surface area contributed by atoms with Gasteiger partial charge >= 0.3 is 18.1 Å². The van der Waals surface area contributed by atoms with Gasteiger partial charge in [-0.2, -0.15) is 13.2 Å². The van der Waals surface area contributed by atoms with Gasteiger partial charge in [-0.3, -0.25) is 4.79 Å². The second-order valence-corrected chi connectivity index (χ2v) is 6.72. The number of halogens is 3. The fraction of sp³-hybridized carbons (Fsp3) is 0.471. The summed E-state index contributed by atoms with van der Waals surface area (Å²) in [6.45, 7) is 3.06. The summed E-state index contributed by atoms with van der Waals surface area (Å²) in [4.78, 5) is 14.8. The summed E-state index contributed by atoms with van der Waals surface area (Å²) in [6, 6.07) is 6.14. The van der Waals surface area contributed by atoms with E-state index in [0.717, 1.165) is 32.5 Å². The Labute approximate surface area is 152 Å². The highest BCUT2D eigenvalue weighted by atomic mass is 19.4. The van der Waals surface area contributed by atoms with E-state index in [1.165, 1.54) is 24.3 Å². The van der Waals surface area contributed by atoms with Crippen LogP contribution in [0.25, 0.3) is 0 Å². The van der Waals surface area contributed by atoms with Crippen LogP contribution in [-0.4, -0.2) is 46.7 Å². The summed E-state index contributed by atoms with van der Waals surface area (Å²) >= 11 is 0. The molecule has 27 heavy (non-hydrogen) atoms. The van der Waals surface area contributed by atoms with Crippen molar-refractivity contribution >= 4 is 5.91 Å². The lowest BCUT2D eigenvalue weighted by atomic mass is 9.84. The Balaban J connectivity index is 1.37. The van der Waals surface area contributed by atoms with Crippen LogP contribution in [0.2, 0.25) is 0 Å². The Hall–Kier alpha value is -2.62. The Morgan fingerprint density at radius 2 is 1.89 bits per heavy atom. The predicted molar refractivity (Wildman–Crippen MR) is 86.2 cm³/mol. The summed E-state index contributed by atoms with van der Waals surface area (Å²) in [5.74, 6) is -0.961. The number of ether oxygens (including phenoxy) is 1. The fourth-order valence-electron chi connectivity index (χ4n) is 3.52. The van der Waals surface area contributed by atoms with Crippen LogP contribution in [0.3, 0.4) is 0 Å². The molecule has 1 atom stereocenters. The molecule has 0 spiro atoms. The third kappa shape index (κ3) is 3.90. The second-order valence-electron chi connectivity index (χ2n) is 6.72. The number of hydrogen-bond donors (Lipinski definition) is 1. The molecule has 3 saturated heterocycles. The van der Waals surface area contributed by atoms with Gasteiger partial charge in [0.05, 0.1) is 0 Å². The fourth-order valence-corrected chi connectivity index (χ4v) is 3.52. The summed E-state index contributed by atoms with van der Waals surface area (Å²) in [5.41, 5.74) is 0.445. The van der Waals surface area contributed by atoms with E-state index in [1.807, 2.05) is 0 Å². The van der Waals surface area contributed by atoms with E-state index in [-0.39, 0.29) is 17.7 Å². The van der Waals surface area contributed by atoms with Crippen molar-refractivity contribution in [3.8, 4) is 11.8 Å². The molecule has 5 rings (SSSR count). The Morgan fingerprint density at radius 1 is 1.19 bits per heavy atom. The Bertz CT molecular complexity index is 814. The Morgan fingerprint density at radius 3 is 2.44 bits per heavy atom. The maximum atomic E-state index is 12.4. The number of aromatic nitrogens is 2. The maximum Gasteiger partial charge on any atom is 0.470 e. The van der Waals surface area contributed by atoms with Gasteiger partial charge in [-0.15, -0.1) is 0 Å². The average molecular weight is 382 g/mol. The SMILES string of the molecule is O=C(N[C@H]1CN2CCC1CC2)c1ccc(Oc2nnc(C(F)(F)F)o2)cc1. The van der Waals surface area contributed by atoms with Gasteiger partial charge in [0.1, 0.15) is 5.75 Å². The maximum absolute atomic E-state index is 12.4. The third-order valence-corrected chi connectivity index (χ3v) is 4.94. The summed E-state index contributed by atoms with van der Waals surface area (Å²) in [6.07, 6.45) is -3.15. The second kappa shape index (κ2) is 6.84. The van der Waals surface area contributed by atoms with Gasteiger partial charge in [-0.1, -0.05) is 10.2 Å². The molecule has 3 aliphatic rings. The summed E-state index contributed by atoms with van der Waals surface area (Å²) in [7, 11) is 0. The van der Waals surface area contributed by atoms with Crippen LogP contribution in [0.15, 0.2) is 28.7 Å². The lowest BCUT2D eigenvalue weighted by Crippen LogP contribution is -2.57. The first kappa shape index (κ1) is 17.8. The molecule has 2 bridgehead atoms. The van der Waals surface area contributed by atoms with Crippen LogP contribution in [0, 0.1) is 5.92 Å². The van der Waals surface area contributed by atoms with E-state index in [1.54, 1.807) is 0 Å². The molecule has 0 saturated carbocycles. The molecule has 2 aromatic rings. The first-order chi connectivity index (χ1) is 12.9. The molecule has 3 aliphatic heterocycles. The van der Waals surface area contributed by atoms with Crippen molar-refractivity contribution in [2.24, 2.45) is 5.92 Å². The molecule has 7 nitrogen and oxygen atoms in total. The number of hydrogen-bond acceptors (Lipinski definition) is 6. The van der Waals surface area contributed by atoms with Crippen molar-refractivity contribution in [2.45, 2.75) is 25.1 Å². The molecule has 4 heterocycles. The molecular formula is C17H17F3N4O3. The minimum atomic E-state index is -4.73. The molecule has 0 aliphatic carbocycles. The lowest BCUT2D eigenvalue weighted by molar-refractivity contribution is -0.157. The molecule has 3 fully saturated rings. The number of carbonyl (C=O) groups is 1. The van der Waals surface area contributed by atoms with Gasteiger partial charge in [0.2, 0.25) is 0 Å². The number of rotatable bonds is 4. The number of amides is 1. The van der Waals surface area contributed by atoms with Gasteiger partial charge in [-0.05, 0) is 56.1 Å². The zero-order valence-corrected chi connectivity index (χ0v) is 14.2. The number of carbonyl (C=O) groups excluding carboxylic acids is 1. The minimum Gasteiger partial charge on any atom is -0.410 e. The molecule has 1 N–H and O–H groups in total. The number of piperidine rings is 3. The van der Waals surface area contributed by atoms with Crippen LogP contribution in [0.5, 0.6) is 11.8 Å². The predicted octanol–water partition coefficient (Wildman–Crippen LogP) is 2.70. The zero-order chi connectivity index (χ0) is 19.0. The molecule has 10 heteroatoms. The summed E-state index contributed by atoms with van der Waals surface area (Å²) < 4.78 is 46.8. The molecule has 1 aromatic heterocycles. The highest BCUT2D eigenvalue weighted by Crippen LogP contribution is 2.31. The van der Waals surface area contributed by atoms with Gasteiger partial charge < -0.3 is 19.4 Å². The number of benzene rings is 1. The van der Waals surface area contributed by atoms with Crippen molar-refractivity contribution in [3.63, 3.8) is 0 Å². The number of nitrogens with one attached hydrogen (secondary N) is 1. The van der Waals surface area contributed by atoms with Crippen LogP contribution in [0.4, 0.5) is 13.2 Å². The lowest BCUT2D eigenvalue weighted by Gasteiger charge is -2.44. The number of alkyl halides is 3. The molecule has 0 unspecified atom stereocenters. The van der Waals surface area contributed by atoms with Gasteiger partial charge in [-0.25, -0.2) is 0 Å². The quantitative estimate of drug-likeness (QED) is 0.876. The topological polar surface area (TPSA) is 80.5 Å². The number of fused-ring (bicyclic) bond motifs is 3. The third-order valence-electron chi connectivity index (χ3n) is 4.94. The van der Waals surface area contributed by atoms with Crippen molar-refractivity contribution in [1.82, 2.24) is 20.4 Å². The van der Waals surface area contributed by atoms with E-state index in [9.17, 15) is 18.0 Å². The van der Waals surface area contributed by atoms with Crippen molar-refractivity contribution in [2.75, 3.05) is 19.6 Å². The molecule has 0 radical (unpaired) electrons. The standard InChI is InChI=1S/C17H17F3N4O3/c18-17(19,20)15-22-23-16(27-15)26-12-3-1-11(2-4-12)14(25)21-13-9-24-7-5-10(13)6-8-24/h1-4,10,13H,5-9H2,(H,21,25)/t13-/m0/s1. The van der Waals surface area contributed by atoms with Crippen LogP contribution in [0.1, 0.15) is 29.1 Å². The smallest absolute Gasteiger partial charge is 0.410 e. The van der Waals surface area contributed by atoms with Gasteiger partial charge in [0.25, 0.3) is 5.91 Å². The van der Waals surface area contributed by atoms with E-state index in [2.05, 4.69) is 24.8 Å². The van der Waals surface area contributed by atoms with E-state index < -0.39 is 18.1 Å². The monoisotopic (exact) mass is 382 g/mol. The number of nitrogens with zero attached hydrogens (tertiary/aromatic N) is 3. The van der Waals surface area contributed by atoms with E-state index in [4.69, 9.17) is 4.74 Å². The van der Waals surface area contributed by atoms with Crippen LogP contribution >= 0.6 is 0 Å². The highest BCUT2D eigenvalue weighted by Gasteiger charge is 2.38. The molecule has 1 amide bonds. The molecular weight excluding hydrogens is 365 g/mol. The minimum absolute atomic E-state index is 0.148. The average Bonchev–Trinajstić information content (AvgIpc) is 3.12. The van der Waals surface area contributed by atoms with Crippen molar-refractivity contribution < 1.29 is 27.1 Å². The van der Waals surface area contributed by atoms with E-state index >= 15 is 0 Å². The van der Waals surface area contributed by atoms with Crippen LogP contribution in [-0.2, 0) is 6.18 Å². The normalized spacial score (nSPS) is 24.6. The molecule has 1 aromatic carbocycles. The van der Waals surface area contributed by atoms with Crippen LogP contribution < -0.4 is 10.1 Å². The van der Waals surface area contributed by atoms with Gasteiger partial charge in [0, 0.05) is 18.2 Å². The molecule has 144 valence electrons. The van der Waals surface area contributed by atoms with E-state index in [0.29, 0.717) is 11.5 Å². The Kier molecular flexibility index (Phi) is 4.50. The van der Waals surface area contributed by atoms with Gasteiger partial charge in [0.15, 0.2) is 0 Å². The highest BCUT2D eigenvalue weighted by molar-refractivity contribution is 5.94. The largest absolute Gasteiger partial charge is 0.470 e. The van der Waals surface area contributed by atoms with Crippen molar-refractivity contribution in [3.05, 3.63) is 35.7 Å². The first-order valence-corrected chi connectivity index (χ1v) is 8.60. The zero-order valence-electron chi connectivity index (χ0n) is 14.2.